The molecule has 2 aliphatic rings. The average molecular weight is 273 g/mol. The van der Waals surface area contributed by atoms with E-state index < -0.39 is 0 Å². The lowest BCUT2D eigenvalue weighted by Gasteiger charge is -2.15. The molecule has 1 aliphatic carbocycles. The molecule has 0 unspecified atom stereocenters. The molecule has 20 heavy (non-hydrogen) atoms. The normalized spacial score (nSPS) is 17.9. The van der Waals surface area contributed by atoms with Crippen molar-refractivity contribution in [3.05, 3.63) is 23.3 Å². The second-order valence-corrected chi connectivity index (χ2v) is 5.55. The lowest BCUT2D eigenvalue weighted by molar-refractivity contribution is 0.287. The third-order valence-corrected chi connectivity index (χ3v) is 4.06. The highest BCUT2D eigenvalue weighted by molar-refractivity contribution is 6.05. The molecule has 1 saturated carbocycles. The zero-order chi connectivity index (χ0) is 14.2. The summed E-state index contributed by atoms with van der Waals surface area (Å²) in [7, 11) is 0. The van der Waals surface area contributed by atoms with Crippen molar-refractivity contribution in [2.24, 2.45) is 4.99 Å². The van der Waals surface area contributed by atoms with Gasteiger partial charge in [0.05, 0.1) is 18.8 Å². The van der Waals surface area contributed by atoms with Crippen LogP contribution in [0.15, 0.2) is 17.1 Å². The van der Waals surface area contributed by atoms with Crippen LogP contribution in [0.4, 0.5) is 0 Å². The first-order valence-electron chi connectivity index (χ1n) is 7.77. The summed E-state index contributed by atoms with van der Waals surface area (Å²) in [4.78, 5) is 5.00. The van der Waals surface area contributed by atoms with Crippen molar-refractivity contribution in [1.29, 1.82) is 0 Å². The van der Waals surface area contributed by atoms with E-state index in [-0.39, 0.29) is 5.54 Å². The van der Waals surface area contributed by atoms with E-state index in [1.54, 1.807) is 0 Å². The highest BCUT2D eigenvalue weighted by Crippen LogP contribution is 2.56. The van der Waals surface area contributed by atoms with Crippen LogP contribution in [0.1, 0.15) is 57.6 Å². The maximum atomic E-state index is 5.76. The van der Waals surface area contributed by atoms with Gasteiger partial charge in [-0.2, -0.15) is 0 Å². The van der Waals surface area contributed by atoms with Gasteiger partial charge in [0.1, 0.15) is 0 Å². The van der Waals surface area contributed by atoms with Gasteiger partial charge in [0, 0.05) is 11.3 Å². The van der Waals surface area contributed by atoms with Crippen LogP contribution in [0.5, 0.6) is 11.5 Å². The molecular weight excluding hydrogens is 250 g/mol. The smallest absolute Gasteiger partial charge is 0.161 e. The zero-order valence-corrected chi connectivity index (χ0v) is 12.7. The van der Waals surface area contributed by atoms with Crippen molar-refractivity contribution >= 4 is 5.71 Å². The molecule has 1 aromatic rings. The van der Waals surface area contributed by atoms with Gasteiger partial charge in [-0.15, -0.1) is 0 Å². The molecule has 0 amide bonds. The molecular formula is C17H23NO2. The molecule has 0 radical (unpaired) electrons. The van der Waals surface area contributed by atoms with Crippen LogP contribution < -0.4 is 9.47 Å². The Balaban J connectivity index is 2.05. The zero-order valence-electron chi connectivity index (χ0n) is 12.7. The van der Waals surface area contributed by atoms with Gasteiger partial charge in [0.2, 0.25) is 0 Å². The first-order chi connectivity index (χ1) is 9.74. The standard InChI is InChI=1S/C17H23NO2/c1-4-7-14-12-10-15(19-5-2)16(20-6-3)11-13(12)17(18-14)8-9-17/h10-11H,4-9H2,1-3H3. The van der Waals surface area contributed by atoms with Crippen LogP contribution in [0.2, 0.25) is 0 Å². The second-order valence-electron chi connectivity index (χ2n) is 5.55. The van der Waals surface area contributed by atoms with Gasteiger partial charge in [0.15, 0.2) is 11.5 Å². The van der Waals surface area contributed by atoms with Crippen molar-refractivity contribution in [1.82, 2.24) is 0 Å². The van der Waals surface area contributed by atoms with E-state index in [0.29, 0.717) is 13.2 Å². The van der Waals surface area contributed by atoms with Crippen molar-refractivity contribution in [3.8, 4) is 11.5 Å². The maximum Gasteiger partial charge on any atom is 0.161 e. The van der Waals surface area contributed by atoms with Gasteiger partial charge in [0.25, 0.3) is 0 Å². The number of rotatable bonds is 6. The molecule has 0 atom stereocenters. The minimum atomic E-state index is 0.0798. The number of nitrogens with zero attached hydrogens (tertiary/aromatic N) is 1. The summed E-state index contributed by atoms with van der Waals surface area (Å²) in [6, 6.07) is 4.31. The Morgan fingerprint density at radius 1 is 1.05 bits per heavy atom. The van der Waals surface area contributed by atoms with E-state index in [0.717, 1.165) is 24.3 Å². The highest BCUT2D eigenvalue weighted by atomic mass is 16.5. The number of fused-ring (bicyclic) bond motifs is 2. The Labute approximate surface area is 121 Å². The fourth-order valence-electron chi connectivity index (χ4n) is 3.03. The van der Waals surface area contributed by atoms with Crippen LogP contribution >= 0.6 is 0 Å². The van der Waals surface area contributed by atoms with Crippen LogP contribution in [0, 0.1) is 0 Å². The molecule has 108 valence electrons. The Kier molecular flexibility index (Phi) is 3.45. The summed E-state index contributed by atoms with van der Waals surface area (Å²) >= 11 is 0. The number of hydrogen-bond donors (Lipinski definition) is 0. The Morgan fingerprint density at radius 2 is 1.70 bits per heavy atom. The molecule has 0 N–H and O–H groups in total. The van der Waals surface area contributed by atoms with E-state index in [2.05, 4.69) is 19.1 Å². The van der Waals surface area contributed by atoms with Gasteiger partial charge in [-0.1, -0.05) is 13.3 Å². The summed E-state index contributed by atoms with van der Waals surface area (Å²) in [6.07, 6.45) is 4.53. The third-order valence-electron chi connectivity index (χ3n) is 4.06. The Hall–Kier alpha value is -1.51. The molecule has 3 nitrogen and oxygen atoms in total. The molecule has 0 bridgehead atoms. The van der Waals surface area contributed by atoms with Gasteiger partial charge >= 0.3 is 0 Å². The first kappa shape index (κ1) is 13.5. The number of hydrogen-bond acceptors (Lipinski definition) is 3. The van der Waals surface area contributed by atoms with Gasteiger partial charge < -0.3 is 9.47 Å². The van der Waals surface area contributed by atoms with Gasteiger partial charge in [-0.05, 0) is 50.8 Å². The minimum absolute atomic E-state index is 0.0798. The van der Waals surface area contributed by atoms with Gasteiger partial charge in [-0.25, -0.2) is 0 Å². The second kappa shape index (κ2) is 5.12. The predicted octanol–water partition coefficient (Wildman–Crippen LogP) is 4.08. The van der Waals surface area contributed by atoms with Gasteiger partial charge in [-0.3, -0.25) is 4.99 Å². The quantitative estimate of drug-likeness (QED) is 0.782. The summed E-state index contributed by atoms with van der Waals surface area (Å²) in [5.74, 6) is 1.72. The maximum absolute atomic E-state index is 5.76. The molecule has 0 aromatic heterocycles. The van der Waals surface area contributed by atoms with E-state index in [9.17, 15) is 0 Å². The predicted molar refractivity (Wildman–Crippen MR) is 81.1 cm³/mol. The molecule has 3 rings (SSSR count). The molecule has 1 aliphatic heterocycles. The average Bonchev–Trinajstić information content (AvgIpc) is 3.15. The molecule has 1 fully saturated rings. The van der Waals surface area contributed by atoms with E-state index in [1.165, 1.54) is 29.7 Å². The van der Waals surface area contributed by atoms with E-state index >= 15 is 0 Å². The first-order valence-corrected chi connectivity index (χ1v) is 7.77. The van der Waals surface area contributed by atoms with Crippen LogP contribution in [0.25, 0.3) is 0 Å². The molecule has 0 saturated heterocycles. The van der Waals surface area contributed by atoms with Crippen molar-refractivity contribution in [3.63, 3.8) is 0 Å². The van der Waals surface area contributed by atoms with Crippen LogP contribution in [-0.4, -0.2) is 18.9 Å². The third kappa shape index (κ3) is 2.09. The Morgan fingerprint density at radius 3 is 2.25 bits per heavy atom. The number of ether oxygens (including phenoxy) is 2. The van der Waals surface area contributed by atoms with Crippen LogP contribution in [0.3, 0.4) is 0 Å². The van der Waals surface area contributed by atoms with Crippen molar-refractivity contribution in [2.45, 2.75) is 52.0 Å². The fourth-order valence-corrected chi connectivity index (χ4v) is 3.03. The van der Waals surface area contributed by atoms with Crippen molar-refractivity contribution in [2.75, 3.05) is 13.2 Å². The monoisotopic (exact) mass is 273 g/mol. The molecule has 1 aromatic carbocycles. The topological polar surface area (TPSA) is 30.8 Å². The largest absolute Gasteiger partial charge is 0.490 e. The SMILES string of the molecule is CCCC1=NC2(CC2)c2cc(OCC)c(OCC)cc21. The number of aliphatic imine (C=N–C) groups is 1. The summed E-state index contributed by atoms with van der Waals surface area (Å²) in [5.41, 5.74) is 3.98. The molecule has 1 heterocycles. The van der Waals surface area contributed by atoms with E-state index in [4.69, 9.17) is 14.5 Å². The summed E-state index contributed by atoms with van der Waals surface area (Å²) in [5, 5.41) is 0. The Bertz CT molecular complexity index is 544. The fraction of sp³-hybridized carbons (Fsp3) is 0.588. The highest BCUT2D eigenvalue weighted by Gasteiger charge is 2.50. The van der Waals surface area contributed by atoms with E-state index in [1.807, 2.05) is 13.8 Å². The molecule has 3 heteroatoms. The lowest BCUT2D eigenvalue weighted by Crippen LogP contribution is -2.05. The summed E-state index contributed by atoms with van der Waals surface area (Å²) in [6.45, 7) is 7.54. The number of benzene rings is 1. The molecule has 1 spiro atoms. The minimum Gasteiger partial charge on any atom is -0.490 e. The summed E-state index contributed by atoms with van der Waals surface area (Å²) < 4.78 is 11.5. The lowest BCUT2D eigenvalue weighted by atomic mass is 9.97. The van der Waals surface area contributed by atoms with Crippen molar-refractivity contribution < 1.29 is 9.47 Å². The van der Waals surface area contributed by atoms with Crippen LogP contribution in [-0.2, 0) is 5.54 Å².